The molecule has 1 aromatic heterocycles. The Bertz CT molecular complexity index is 327. The Kier molecular flexibility index (Phi) is 3.93. The number of aromatic nitrogens is 2. The molecule has 6 heteroatoms. The molecule has 1 aliphatic heterocycles. The van der Waals surface area contributed by atoms with Crippen molar-refractivity contribution in [3.63, 3.8) is 0 Å². The fourth-order valence-corrected chi connectivity index (χ4v) is 1.63. The summed E-state index contributed by atoms with van der Waals surface area (Å²) in [6.07, 6.45) is 3.25. The van der Waals surface area contributed by atoms with Crippen LogP contribution in [0.5, 0.6) is 0 Å². The summed E-state index contributed by atoms with van der Waals surface area (Å²) in [5.74, 6) is 0.638. The van der Waals surface area contributed by atoms with Gasteiger partial charge >= 0.3 is 0 Å². The van der Waals surface area contributed by atoms with Gasteiger partial charge in [-0.3, -0.25) is 0 Å². The second-order valence-corrected chi connectivity index (χ2v) is 4.09. The van der Waals surface area contributed by atoms with E-state index >= 15 is 0 Å². The standard InChI is InChI=1S/C10H14ClN3O2/c1-14(6-9-7-15-2-3-16-9)10-12-4-8(11)5-13-10/h4-5,9H,2-3,6-7H2,1H3. The molecule has 0 spiro atoms. The Morgan fingerprint density at radius 2 is 2.19 bits per heavy atom. The molecule has 0 radical (unpaired) electrons. The van der Waals surface area contributed by atoms with Crippen molar-refractivity contribution < 1.29 is 9.47 Å². The fourth-order valence-electron chi connectivity index (χ4n) is 1.53. The maximum atomic E-state index is 5.72. The van der Waals surface area contributed by atoms with E-state index in [1.54, 1.807) is 12.4 Å². The molecule has 0 saturated carbocycles. The van der Waals surface area contributed by atoms with Crippen molar-refractivity contribution in [3.05, 3.63) is 17.4 Å². The van der Waals surface area contributed by atoms with E-state index < -0.39 is 0 Å². The summed E-state index contributed by atoms with van der Waals surface area (Å²) in [5.41, 5.74) is 0. The highest BCUT2D eigenvalue weighted by atomic mass is 35.5. The third-order valence-corrected chi connectivity index (χ3v) is 2.51. The van der Waals surface area contributed by atoms with Gasteiger partial charge in [0.2, 0.25) is 5.95 Å². The molecule has 0 amide bonds. The molecule has 1 saturated heterocycles. The van der Waals surface area contributed by atoms with Crippen molar-refractivity contribution in [2.75, 3.05) is 38.3 Å². The summed E-state index contributed by atoms with van der Waals surface area (Å²) in [6, 6.07) is 0. The first-order chi connectivity index (χ1) is 7.75. The van der Waals surface area contributed by atoms with Crippen LogP contribution in [-0.2, 0) is 9.47 Å². The van der Waals surface area contributed by atoms with Crippen molar-refractivity contribution in [1.82, 2.24) is 9.97 Å². The Labute approximate surface area is 99.3 Å². The van der Waals surface area contributed by atoms with Gasteiger partial charge in [0, 0.05) is 13.6 Å². The van der Waals surface area contributed by atoms with E-state index in [2.05, 4.69) is 9.97 Å². The Balaban J connectivity index is 1.91. The third kappa shape index (κ3) is 3.04. The molecule has 16 heavy (non-hydrogen) atoms. The second kappa shape index (κ2) is 5.43. The third-order valence-electron chi connectivity index (χ3n) is 2.31. The number of nitrogens with zero attached hydrogens (tertiary/aromatic N) is 3. The zero-order chi connectivity index (χ0) is 11.4. The van der Waals surface area contributed by atoms with Gasteiger partial charge < -0.3 is 14.4 Å². The summed E-state index contributed by atoms with van der Waals surface area (Å²) >= 11 is 5.72. The Hall–Kier alpha value is -0.910. The predicted molar refractivity (Wildman–Crippen MR) is 60.9 cm³/mol. The van der Waals surface area contributed by atoms with Gasteiger partial charge in [-0.25, -0.2) is 9.97 Å². The highest BCUT2D eigenvalue weighted by molar-refractivity contribution is 6.30. The van der Waals surface area contributed by atoms with Gasteiger partial charge in [-0.1, -0.05) is 11.6 Å². The molecule has 1 atom stereocenters. The van der Waals surface area contributed by atoms with Gasteiger partial charge in [0.05, 0.1) is 43.3 Å². The van der Waals surface area contributed by atoms with Crippen LogP contribution in [0.15, 0.2) is 12.4 Å². The zero-order valence-corrected chi connectivity index (χ0v) is 9.85. The predicted octanol–water partition coefficient (Wildman–Crippen LogP) is 0.982. The van der Waals surface area contributed by atoms with Crippen LogP contribution in [0, 0.1) is 0 Å². The number of rotatable bonds is 3. The van der Waals surface area contributed by atoms with Crippen LogP contribution >= 0.6 is 11.6 Å². The molecule has 1 fully saturated rings. The first-order valence-electron chi connectivity index (χ1n) is 5.14. The summed E-state index contributed by atoms with van der Waals surface area (Å²) in [6.45, 7) is 2.66. The van der Waals surface area contributed by atoms with Crippen molar-refractivity contribution in [3.8, 4) is 0 Å². The Morgan fingerprint density at radius 3 is 2.81 bits per heavy atom. The number of hydrogen-bond acceptors (Lipinski definition) is 5. The molecular formula is C10H14ClN3O2. The first kappa shape index (κ1) is 11.6. The van der Waals surface area contributed by atoms with Gasteiger partial charge in [0.1, 0.15) is 0 Å². The van der Waals surface area contributed by atoms with Crippen LogP contribution in [0.3, 0.4) is 0 Å². The number of ether oxygens (including phenoxy) is 2. The minimum Gasteiger partial charge on any atom is -0.376 e. The summed E-state index contributed by atoms with van der Waals surface area (Å²) in [5, 5.41) is 0.536. The number of hydrogen-bond donors (Lipinski definition) is 0. The zero-order valence-electron chi connectivity index (χ0n) is 9.10. The fraction of sp³-hybridized carbons (Fsp3) is 0.600. The molecule has 0 bridgehead atoms. The lowest BCUT2D eigenvalue weighted by Crippen LogP contribution is -2.38. The van der Waals surface area contributed by atoms with Crippen molar-refractivity contribution in [1.29, 1.82) is 0 Å². The monoisotopic (exact) mass is 243 g/mol. The van der Waals surface area contributed by atoms with Gasteiger partial charge in [-0.2, -0.15) is 0 Å². The van der Waals surface area contributed by atoms with E-state index in [9.17, 15) is 0 Å². The maximum Gasteiger partial charge on any atom is 0.225 e. The summed E-state index contributed by atoms with van der Waals surface area (Å²) in [4.78, 5) is 10.2. The molecule has 2 heterocycles. The normalized spacial score (nSPS) is 20.8. The summed E-state index contributed by atoms with van der Waals surface area (Å²) < 4.78 is 10.9. The van der Waals surface area contributed by atoms with Gasteiger partial charge in [-0.05, 0) is 0 Å². The van der Waals surface area contributed by atoms with Gasteiger partial charge in [0.15, 0.2) is 0 Å². The quantitative estimate of drug-likeness (QED) is 0.792. The van der Waals surface area contributed by atoms with Crippen LogP contribution in [-0.4, -0.2) is 49.5 Å². The van der Waals surface area contributed by atoms with E-state index in [-0.39, 0.29) is 6.10 Å². The number of halogens is 1. The van der Waals surface area contributed by atoms with Crippen LogP contribution < -0.4 is 4.90 Å². The summed E-state index contributed by atoms with van der Waals surface area (Å²) in [7, 11) is 1.92. The van der Waals surface area contributed by atoms with Crippen LogP contribution in [0.1, 0.15) is 0 Å². The van der Waals surface area contributed by atoms with E-state index in [1.165, 1.54) is 0 Å². The molecule has 1 aromatic rings. The number of anilines is 1. The average molecular weight is 244 g/mol. The lowest BCUT2D eigenvalue weighted by atomic mass is 10.3. The smallest absolute Gasteiger partial charge is 0.225 e. The molecule has 0 N–H and O–H groups in total. The van der Waals surface area contributed by atoms with E-state index in [0.29, 0.717) is 37.3 Å². The molecule has 1 aliphatic rings. The first-order valence-corrected chi connectivity index (χ1v) is 5.51. The van der Waals surface area contributed by atoms with Crippen LogP contribution in [0.25, 0.3) is 0 Å². The van der Waals surface area contributed by atoms with Gasteiger partial charge in [0.25, 0.3) is 0 Å². The molecule has 88 valence electrons. The minimum absolute atomic E-state index is 0.0815. The lowest BCUT2D eigenvalue weighted by molar-refractivity contribution is -0.0838. The molecule has 1 unspecified atom stereocenters. The molecule has 5 nitrogen and oxygen atoms in total. The van der Waals surface area contributed by atoms with Crippen molar-refractivity contribution in [2.45, 2.75) is 6.10 Å². The molecule has 0 aromatic carbocycles. The largest absolute Gasteiger partial charge is 0.376 e. The number of likely N-dealkylation sites (N-methyl/N-ethyl adjacent to an activating group) is 1. The van der Waals surface area contributed by atoms with Crippen LogP contribution in [0.4, 0.5) is 5.95 Å². The topological polar surface area (TPSA) is 47.5 Å². The van der Waals surface area contributed by atoms with Gasteiger partial charge in [-0.15, -0.1) is 0 Å². The maximum absolute atomic E-state index is 5.72. The van der Waals surface area contributed by atoms with Crippen molar-refractivity contribution in [2.24, 2.45) is 0 Å². The van der Waals surface area contributed by atoms with E-state index in [1.807, 2.05) is 11.9 Å². The molecular weight excluding hydrogens is 230 g/mol. The SMILES string of the molecule is CN(CC1COCCO1)c1ncc(Cl)cn1. The Morgan fingerprint density at radius 1 is 1.44 bits per heavy atom. The second-order valence-electron chi connectivity index (χ2n) is 3.65. The van der Waals surface area contributed by atoms with E-state index in [0.717, 1.165) is 0 Å². The minimum atomic E-state index is 0.0815. The lowest BCUT2D eigenvalue weighted by Gasteiger charge is -2.27. The highest BCUT2D eigenvalue weighted by Gasteiger charge is 2.17. The molecule has 0 aliphatic carbocycles. The van der Waals surface area contributed by atoms with Crippen LogP contribution in [0.2, 0.25) is 5.02 Å². The van der Waals surface area contributed by atoms with Crippen molar-refractivity contribution >= 4 is 17.5 Å². The van der Waals surface area contributed by atoms with E-state index in [4.69, 9.17) is 21.1 Å². The highest BCUT2D eigenvalue weighted by Crippen LogP contribution is 2.10. The molecule has 2 rings (SSSR count). The average Bonchev–Trinajstić information content (AvgIpc) is 2.31.